The monoisotopic (exact) mass is 658 g/mol. The standard InChI is InChI=1S/C42H46N2O3S/c1-38-15-11-27(45)22-40(38)18-19-42(30(23-40)37(46)34-21-26-7-3-6-10-33(26)48-34)35(38)12-16-39(2)36(42)13-17-41(39,47)25-44-20-14-29-28-8-4-5-9-31(28)43-32(29)24-44/h3-10,18-19,21,23,27,35-36,43,45,47H,11-17,20,22,24-25H2,1-2H3. The number of aromatic amines is 1. The molecule has 6 aliphatic carbocycles. The molecule has 2 aromatic carbocycles. The zero-order chi connectivity index (χ0) is 32.7. The Kier molecular flexibility index (Phi) is 6.10. The molecule has 0 saturated heterocycles. The van der Waals surface area contributed by atoms with Crippen LogP contribution in [0.5, 0.6) is 0 Å². The van der Waals surface area contributed by atoms with Crippen molar-refractivity contribution in [1.82, 2.24) is 9.88 Å². The van der Waals surface area contributed by atoms with Crippen LogP contribution in [0.2, 0.25) is 0 Å². The van der Waals surface area contributed by atoms with E-state index in [4.69, 9.17) is 0 Å². The molecule has 6 heteroatoms. The smallest absolute Gasteiger partial charge is 0.199 e. The lowest BCUT2D eigenvalue weighted by Gasteiger charge is -2.71. The van der Waals surface area contributed by atoms with Crippen molar-refractivity contribution in [3.8, 4) is 0 Å². The lowest BCUT2D eigenvalue weighted by molar-refractivity contribution is -0.176. The molecule has 48 heavy (non-hydrogen) atoms. The third-order valence-corrected chi connectivity index (χ3v) is 16.2. The van der Waals surface area contributed by atoms with Crippen LogP contribution in [0.4, 0.5) is 0 Å². The molecule has 3 saturated carbocycles. The Morgan fingerprint density at radius 1 is 0.979 bits per heavy atom. The highest BCUT2D eigenvalue weighted by Gasteiger charge is 2.74. The van der Waals surface area contributed by atoms with Gasteiger partial charge >= 0.3 is 0 Å². The number of H-pyrrole nitrogens is 1. The molecule has 4 aromatic rings. The largest absolute Gasteiger partial charge is 0.393 e. The van der Waals surface area contributed by atoms with Crippen LogP contribution < -0.4 is 0 Å². The van der Waals surface area contributed by atoms with Crippen molar-refractivity contribution in [2.75, 3.05) is 13.1 Å². The summed E-state index contributed by atoms with van der Waals surface area (Å²) < 4.78 is 1.14. The minimum Gasteiger partial charge on any atom is -0.393 e. The number of thiophene rings is 1. The maximum absolute atomic E-state index is 15.0. The Balaban J connectivity index is 1.05. The number of nitrogens with one attached hydrogen (secondary N) is 1. The summed E-state index contributed by atoms with van der Waals surface area (Å²) in [5.41, 5.74) is 2.96. The molecule has 11 rings (SSSR count). The SMILES string of the molecule is CC12CCC(O)CC13C=CC1(C(C(=O)c4cc5ccccc5s4)=C3)C2CCC2(C)C1CCC2(O)CN1CCc2c([nH]c3ccccc23)C1. The summed E-state index contributed by atoms with van der Waals surface area (Å²) >= 11 is 1.61. The number of aliphatic hydroxyl groups excluding tert-OH is 1. The number of Topliss-reactive ketones (excluding diaryl/α,β-unsaturated/α-hetero) is 1. The van der Waals surface area contributed by atoms with E-state index in [-0.39, 0.29) is 34.1 Å². The third-order valence-electron chi connectivity index (χ3n) is 15.1. The summed E-state index contributed by atoms with van der Waals surface area (Å²) in [7, 11) is 0. The van der Waals surface area contributed by atoms with Gasteiger partial charge in [0, 0.05) is 62.7 Å². The fourth-order valence-corrected chi connectivity index (χ4v) is 13.6. The van der Waals surface area contributed by atoms with Crippen LogP contribution in [-0.2, 0) is 13.0 Å². The second kappa shape index (κ2) is 9.81. The van der Waals surface area contributed by atoms with Crippen molar-refractivity contribution in [3.05, 3.63) is 94.5 Å². The Morgan fingerprint density at radius 3 is 2.62 bits per heavy atom. The minimum atomic E-state index is -0.837. The number of nitrogens with zero attached hydrogens (tertiary/aromatic N) is 1. The van der Waals surface area contributed by atoms with Gasteiger partial charge in [-0.1, -0.05) is 68.5 Å². The maximum atomic E-state index is 15.0. The van der Waals surface area contributed by atoms with Crippen molar-refractivity contribution < 1.29 is 15.0 Å². The topological polar surface area (TPSA) is 76.6 Å². The predicted octanol–water partition coefficient (Wildman–Crippen LogP) is 8.21. The zero-order valence-electron chi connectivity index (χ0n) is 28.1. The summed E-state index contributed by atoms with van der Waals surface area (Å²) in [6, 6.07) is 19.0. The first-order chi connectivity index (χ1) is 23.1. The highest BCUT2D eigenvalue weighted by atomic mass is 32.1. The van der Waals surface area contributed by atoms with Gasteiger partial charge in [0.1, 0.15) is 0 Å². The molecule has 3 heterocycles. The normalized spacial score (nSPS) is 40.0. The van der Waals surface area contributed by atoms with Gasteiger partial charge in [0.05, 0.1) is 16.6 Å². The number of hydrogen-bond acceptors (Lipinski definition) is 5. The summed E-state index contributed by atoms with van der Waals surface area (Å²) in [5.74, 6) is 0.643. The van der Waals surface area contributed by atoms with Crippen molar-refractivity contribution in [2.24, 2.45) is 33.5 Å². The third kappa shape index (κ3) is 3.65. The van der Waals surface area contributed by atoms with E-state index >= 15 is 0 Å². The molecule has 8 unspecified atom stereocenters. The number of allylic oxidation sites excluding steroid dienone is 4. The number of aliphatic hydroxyl groups is 2. The number of ketones is 1. The number of para-hydroxylation sites is 1. The molecule has 3 N–H and O–H groups in total. The van der Waals surface area contributed by atoms with Gasteiger partial charge in [-0.3, -0.25) is 9.69 Å². The average Bonchev–Trinajstić information content (AvgIpc) is 3.75. The number of hydrogen-bond donors (Lipinski definition) is 3. The molecule has 2 aromatic heterocycles. The van der Waals surface area contributed by atoms with E-state index in [9.17, 15) is 15.0 Å². The van der Waals surface area contributed by atoms with E-state index in [1.165, 1.54) is 22.2 Å². The average molecular weight is 659 g/mol. The van der Waals surface area contributed by atoms with Gasteiger partial charge in [-0.05, 0) is 97.8 Å². The van der Waals surface area contributed by atoms with Gasteiger partial charge in [0.15, 0.2) is 5.78 Å². The summed E-state index contributed by atoms with van der Waals surface area (Å²) in [4.78, 5) is 22.0. The van der Waals surface area contributed by atoms with Gasteiger partial charge in [0.25, 0.3) is 0 Å². The second-order valence-electron chi connectivity index (χ2n) is 16.9. The van der Waals surface area contributed by atoms with Gasteiger partial charge < -0.3 is 15.2 Å². The first-order valence-electron chi connectivity index (χ1n) is 18.3. The minimum absolute atomic E-state index is 0.0220. The number of rotatable bonds is 4. The van der Waals surface area contributed by atoms with Crippen molar-refractivity contribution >= 4 is 38.1 Å². The Morgan fingerprint density at radius 2 is 1.75 bits per heavy atom. The van der Waals surface area contributed by atoms with E-state index in [1.807, 2.05) is 12.1 Å². The number of benzene rings is 2. The van der Waals surface area contributed by atoms with Crippen molar-refractivity contribution in [2.45, 2.75) is 83.5 Å². The molecule has 0 amide bonds. The van der Waals surface area contributed by atoms with Gasteiger partial charge in [-0.15, -0.1) is 11.3 Å². The van der Waals surface area contributed by atoms with E-state index in [2.05, 4.69) is 84.4 Å². The molecule has 2 spiro atoms. The molecule has 2 bridgehead atoms. The van der Waals surface area contributed by atoms with Crippen molar-refractivity contribution in [3.63, 3.8) is 0 Å². The molecule has 7 aliphatic rings. The van der Waals surface area contributed by atoms with Crippen LogP contribution in [0.1, 0.15) is 79.7 Å². The van der Waals surface area contributed by atoms with Crippen LogP contribution in [0.15, 0.2) is 78.4 Å². The molecule has 5 nitrogen and oxygen atoms in total. The van der Waals surface area contributed by atoms with E-state index in [1.54, 1.807) is 11.3 Å². The van der Waals surface area contributed by atoms with Gasteiger partial charge in [0.2, 0.25) is 0 Å². The number of carbonyl (C=O) groups is 1. The zero-order valence-corrected chi connectivity index (χ0v) is 28.9. The molecule has 0 radical (unpaired) electrons. The first kappa shape index (κ1) is 29.8. The van der Waals surface area contributed by atoms with Gasteiger partial charge in [-0.2, -0.15) is 0 Å². The molecule has 8 atom stereocenters. The van der Waals surface area contributed by atoms with E-state index in [0.29, 0.717) is 18.9 Å². The van der Waals surface area contributed by atoms with Crippen LogP contribution >= 0.6 is 11.3 Å². The highest BCUT2D eigenvalue weighted by Crippen LogP contribution is 2.78. The van der Waals surface area contributed by atoms with Gasteiger partial charge in [-0.25, -0.2) is 0 Å². The fraction of sp³-hybridized carbons (Fsp3) is 0.500. The molecule has 248 valence electrons. The molecule has 1 aliphatic heterocycles. The summed E-state index contributed by atoms with van der Waals surface area (Å²) in [6.45, 7) is 7.28. The highest BCUT2D eigenvalue weighted by molar-refractivity contribution is 7.21. The lowest BCUT2D eigenvalue weighted by Crippen LogP contribution is -2.67. The van der Waals surface area contributed by atoms with Crippen LogP contribution in [0.25, 0.3) is 21.0 Å². The molecular formula is C42H46N2O3S. The summed E-state index contributed by atoms with van der Waals surface area (Å²) in [6.07, 6.45) is 14.0. The molecular weight excluding hydrogens is 613 g/mol. The predicted molar refractivity (Wildman–Crippen MR) is 192 cm³/mol. The molecule has 3 fully saturated rings. The Hall–Kier alpha value is -3.03. The van der Waals surface area contributed by atoms with Crippen LogP contribution in [-0.4, -0.2) is 50.7 Å². The van der Waals surface area contributed by atoms with E-state index < -0.39 is 11.0 Å². The first-order valence-corrected chi connectivity index (χ1v) is 19.1. The second-order valence-corrected chi connectivity index (χ2v) is 18.0. The lowest BCUT2D eigenvalue weighted by atomic mass is 9.32. The quantitative estimate of drug-likeness (QED) is 0.153. The Bertz CT molecular complexity index is 2040. The van der Waals surface area contributed by atoms with Crippen LogP contribution in [0, 0.1) is 33.5 Å². The number of fused-ring (bicyclic) bond motifs is 5. The fourth-order valence-electron chi connectivity index (χ4n) is 12.6. The number of β-amino-alcohol motifs (C(OH)–C–C–N with tert-alkyl or cyclic N) is 1. The maximum Gasteiger partial charge on any atom is 0.199 e. The van der Waals surface area contributed by atoms with Crippen molar-refractivity contribution in [1.29, 1.82) is 0 Å². The number of carbonyl (C=O) groups excluding carboxylic acids is 1. The van der Waals surface area contributed by atoms with E-state index in [0.717, 1.165) is 78.6 Å². The Labute approximate surface area is 286 Å². The summed E-state index contributed by atoms with van der Waals surface area (Å²) in [5, 5.41) is 26.4. The van der Waals surface area contributed by atoms with Crippen LogP contribution in [0.3, 0.4) is 0 Å². The number of aromatic nitrogens is 1.